The highest BCUT2D eigenvalue weighted by Crippen LogP contribution is 2.37. The highest BCUT2D eigenvalue weighted by atomic mass is 15.0. The first-order valence-corrected chi connectivity index (χ1v) is 48.0. The number of rotatable bonds is 4. The Morgan fingerprint density at radius 1 is 0.167 bits per heavy atom. The summed E-state index contributed by atoms with van der Waals surface area (Å²) in [4.78, 5) is 19.4. The van der Waals surface area contributed by atoms with Crippen molar-refractivity contribution in [1.29, 1.82) is 0 Å². The van der Waals surface area contributed by atoms with Gasteiger partial charge in [-0.2, -0.15) is 0 Å². The summed E-state index contributed by atoms with van der Waals surface area (Å²) in [5, 5.41) is 14.9. The Hall–Kier alpha value is -13.0. The Labute approximate surface area is 795 Å². The maximum absolute atomic E-state index is 4.86. The molecule has 0 saturated carbocycles. The molecule has 0 aliphatic carbocycles. The number of hydrogen-bond donors (Lipinski definition) is 0. The van der Waals surface area contributed by atoms with Crippen molar-refractivity contribution in [3.05, 3.63) is 366 Å². The van der Waals surface area contributed by atoms with Gasteiger partial charge in [-0.3, -0.25) is 17.6 Å². The summed E-state index contributed by atoms with van der Waals surface area (Å²) in [5.41, 5.74) is 19.8. The van der Waals surface area contributed by atoms with E-state index in [-0.39, 0.29) is 0 Å². The first-order valence-electron chi connectivity index (χ1n) is 48.0. The molecule has 0 unspecified atom stereocenters. The van der Waals surface area contributed by atoms with Crippen LogP contribution >= 0.6 is 0 Å². The van der Waals surface area contributed by atoms with Crippen LogP contribution in [-0.4, -0.2) is 37.5 Å². The third-order valence-electron chi connectivity index (χ3n) is 17.4. The van der Waals surface area contributed by atoms with Crippen LogP contribution in [0.15, 0.2) is 366 Å². The lowest BCUT2D eigenvalue weighted by Crippen LogP contribution is -1.93. The van der Waals surface area contributed by atoms with Crippen molar-refractivity contribution in [3.63, 3.8) is 0 Å². The molecular weight excluding hydrogens is 1600 g/mol. The van der Waals surface area contributed by atoms with Gasteiger partial charge in [0.1, 0.15) is 22.6 Å². The second-order valence-corrected chi connectivity index (χ2v) is 35.0. The minimum absolute atomic E-state index is 0.500. The van der Waals surface area contributed by atoms with Gasteiger partial charge < -0.3 is 0 Å². The van der Waals surface area contributed by atoms with Crippen molar-refractivity contribution in [2.45, 2.75) is 222 Å². The molecule has 0 aliphatic heterocycles. The molecular formula is C124H160N8. The van der Waals surface area contributed by atoms with Gasteiger partial charge in [-0.15, -0.1) is 0 Å². The number of pyridine rings is 4. The molecule has 0 N–H and O–H groups in total. The number of nitrogens with zero attached hydrogens (tertiary/aromatic N) is 8. The number of allylic oxidation sites excluding steroid dienone is 8. The maximum atomic E-state index is 4.86. The van der Waals surface area contributed by atoms with Gasteiger partial charge in [-0.1, -0.05) is 515 Å². The van der Waals surface area contributed by atoms with E-state index in [4.69, 9.17) is 19.9 Å². The van der Waals surface area contributed by atoms with E-state index in [0.717, 1.165) is 66.7 Å². The van der Waals surface area contributed by atoms with Crippen LogP contribution in [0.5, 0.6) is 0 Å². The lowest BCUT2D eigenvalue weighted by atomic mass is 10.0. The van der Waals surface area contributed by atoms with Crippen molar-refractivity contribution < 1.29 is 0 Å². The minimum atomic E-state index is 0.500. The largest absolute Gasteiger partial charge is 0.292 e. The van der Waals surface area contributed by atoms with Crippen LogP contribution in [-0.2, 0) is 0 Å². The van der Waals surface area contributed by atoms with Gasteiger partial charge in [0.2, 0.25) is 0 Å². The maximum Gasteiger partial charge on any atom is 0.146 e. The topological polar surface area (TPSA) is 69.2 Å². The monoisotopic (exact) mass is 1760 g/mol. The molecule has 0 saturated heterocycles. The normalized spacial score (nSPS) is 10.5. The summed E-state index contributed by atoms with van der Waals surface area (Å²) >= 11 is 0. The zero-order valence-corrected chi connectivity index (χ0v) is 86.7. The third-order valence-corrected chi connectivity index (χ3v) is 17.4. The average Bonchev–Trinajstić information content (AvgIpc) is 1.53. The second-order valence-electron chi connectivity index (χ2n) is 35.0. The molecule has 8 heteroatoms. The predicted octanol–water partition coefficient (Wildman–Crippen LogP) is 39.4. The first-order chi connectivity index (χ1) is 63.6. The molecule has 20 aromatic rings. The number of para-hydroxylation sites is 12. The molecule has 0 atom stereocenters. The lowest BCUT2D eigenvalue weighted by molar-refractivity contribution is 0.469. The zero-order chi connectivity index (χ0) is 98.9. The summed E-state index contributed by atoms with van der Waals surface area (Å²) in [5.74, 6) is 0. The summed E-state index contributed by atoms with van der Waals surface area (Å²) in [6, 6.07) is 101. The lowest BCUT2D eigenvalue weighted by Gasteiger charge is -2.08. The number of aromatic nitrogens is 8. The second kappa shape index (κ2) is 57.9. The quantitative estimate of drug-likeness (QED) is 0.130. The highest BCUT2D eigenvalue weighted by molar-refractivity contribution is 6.17. The van der Waals surface area contributed by atoms with E-state index >= 15 is 0 Å². The van der Waals surface area contributed by atoms with Gasteiger partial charge in [0.05, 0.1) is 66.2 Å². The fraction of sp³-hybridized carbons (Fsp3) is 0.290. The molecule has 132 heavy (non-hydrogen) atoms. The van der Waals surface area contributed by atoms with E-state index in [2.05, 4.69) is 422 Å². The number of benzene rings is 12. The van der Waals surface area contributed by atoms with E-state index < -0.39 is 0 Å². The van der Waals surface area contributed by atoms with Crippen LogP contribution in [0.4, 0.5) is 0 Å². The van der Waals surface area contributed by atoms with Gasteiger partial charge in [0.15, 0.2) is 0 Å². The molecule has 20 rings (SSSR count). The molecule has 0 spiro atoms. The Morgan fingerprint density at radius 3 is 0.424 bits per heavy atom. The summed E-state index contributed by atoms with van der Waals surface area (Å²) < 4.78 is 9.08. The van der Waals surface area contributed by atoms with Crippen molar-refractivity contribution >= 4 is 153 Å². The van der Waals surface area contributed by atoms with Crippen molar-refractivity contribution in [2.75, 3.05) is 0 Å². The number of imidazole rings is 4. The van der Waals surface area contributed by atoms with E-state index in [1.54, 1.807) is 24.3 Å². The number of fused-ring (bicyclic) bond motifs is 32. The molecule has 8 aromatic heterocycles. The Morgan fingerprint density at radius 2 is 0.280 bits per heavy atom. The summed E-state index contributed by atoms with van der Waals surface area (Å²) in [7, 11) is 0. The smallest absolute Gasteiger partial charge is 0.146 e. The first kappa shape index (κ1) is 113. The van der Waals surface area contributed by atoms with Crippen LogP contribution in [0, 0.1) is 21.7 Å². The Balaban J connectivity index is 0.000000391. The van der Waals surface area contributed by atoms with E-state index in [1.807, 2.05) is 159 Å². The highest BCUT2D eigenvalue weighted by Gasteiger charge is 2.18. The molecule has 0 fully saturated rings. The SMILES string of the molecule is C=C/C=C\C=C.C=C/C=C\C=C.CC.CC.CC.CC.CC.CC.CC.CC.CC(C)(C)C.CC(C)(C)C.CC(C)(C)C.CC(C)(C)C.c1ccc2c(c1)nc1c3ccccc3c3ccccc3n21.c1ccc2c(c1)nc1c3ccccc3c3ccccc3n21.c1ccc2c(c1)nc1c3ccccc3c3ccccc3n21.c1ccc2c(c1)nc1c3ccccc3c3ccccc3n21. The van der Waals surface area contributed by atoms with Crippen molar-refractivity contribution in [2.24, 2.45) is 21.7 Å². The van der Waals surface area contributed by atoms with Crippen LogP contribution in [0.3, 0.4) is 0 Å². The fourth-order valence-electron chi connectivity index (χ4n) is 13.4. The molecule has 0 radical (unpaired) electrons. The minimum Gasteiger partial charge on any atom is -0.292 e. The van der Waals surface area contributed by atoms with Gasteiger partial charge in [-0.25, -0.2) is 19.9 Å². The van der Waals surface area contributed by atoms with E-state index in [0.29, 0.717) is 21.7 Å². The van der Waals surface area contributed by atoms with Crippen LogP contribution in [0.1, 0.15) is 222 Å². The fourth-order valence-corrected chi connectivity index (χ4v) is 13.4. The molecule has 8 nitrogen and oxygen atoms in total. The zero-order valence-electron chi connectivity index (χ0n) is 86.7. The third kappa shape index (κ3) is 32.2. The van der Waals surface area contributed by atoms with Gasteiger partial charge in [0.25, 0.3) is 0 Å². The van der Waals surface area contributed by atoms with Crippen molar-refractivity contribution in [3.8, 4) is 0 Å². The Bertz CT molecular complexity index is 6050. The molecule has 0 amide bonds. The molecule has 0 aliphatic rings. The van der Waals surface area contributed by atoms with Gasteiger partial charge in [-0.05, 0) is 116 Å². The standard InChI is InChI=1S/4C19H12N2.2C6H8.4C5H12.8C2H6/c4*1-2-9-15-13(7-1)14-8-3-5-11-17(14)21-18-12-6-4-10-16(18)20-19(15)21;2*1-3-5-6-4-2;4*1-5(2,3)4;8*1-2/h4*1-12H;2*3-6H,1-2H2;4*1-4H3;8*1-2H3/b;;;;2*6-5-;;;;;;;;;;;;. The van der Waals surface area contributed by atoms with E-state index in [9.17, 15) is 0 Å². The summed E-state index contributed by atoms with van der Waals surface area (Å²) in [6.45, 7) is 80.9. The summed E-state index contributed by atoms with van der Waals surface area (Å²) in [6.07, 6.45) is 14.1. The van der Waals surface area contributed by atoms with Crippen molar-refractivity contribution in [1.82, 2.24) is 37.5 Å². The molecule has 12 aromatic carbocycles. The van der Waals surface area contributed by atoms with Crippen LogP contribution in [0.2, 0.25) is 0 Å². The molecule has 696 valence electrons. The van der Waals surface area contributed by atoms with Crippen LogP contribution < -0.4 is 0 Å². The van der Waals surface area contributed by atoms with Crippen LogP contribution in [0.25, 0.3) is 153 Å². The van der Waals surface area contributed by atoms with Gasteiger partial charge in [0, 0.05) is 43.1 Å². The molecule has 0 bridgehead atoms. The molecule has 8 heterocycles. The Kier molecular flexibility index (Phi) is 49.6. The van der Waals surface area contributed by atoms with Gasteiger partial charge >= 0.3 is 0 Å². The van der Waals surface area contributed by atoms with E-state index in [1.165, 1.54) is 86.7 Å². The number of hydrogen-bond acceptors (Lipinski definition) is 4. The predicted molar refractivity (Wildman–Crippen MR) is 601 cm³/mol. The average molecular weight is 1760 g/mol.